The van der Waals surface area contributed by atoms with Gasteiger partial charge in [-0.15, -0.1) is 0 Å². The van der Waals surface area contributed by atoms with Crippen molar-refractivity contribution in [3.63, 3.8) is 0 Å². The van der Waals surface area contributed by atoms with Crippen molar-refractivity contribution in [1.82, 2.24) is 5.32 Å². The molecule has 118 valence electrons. The predicted molar refractivity (Wildman–Crippen MR) is 91.4 cm³/mol. The van der Waals surface area contributed by atoms with Crippen molar-refractivity contribution >= 4 is 29.0 Å². The fourth-order valence-corrected chi connectivity index (χ4v) is 2.31. The molecule has 0 atom stereocenters. The van der Waals surface area contributed by atoms with Crippen LogP contribution in [0.3, 0.4) is 0 Å². The summed E-state index contributed by atoms with van der Waals surface area (Å²) in [7, 11) is 0. The number of nitrogens with zero attached hydrogens (tertiary/aromatic N) is 1. The number of amidine groups is 1. The van der Waals surface area contributed by atoms with Gasteiger partial charge in [0.15, 0.2) is 6.61 Å². The Kier molecular flexibility index (Phi) is 4.78. The van der Waals surface area contributed by atoms with E-state index < -0.39 is 0 Å². The summed E-state index contributed by atoms with van der Waals surface area (Å²) in [4.78, 5) is 16.3. The van der Waals surface area contributed by atoms with Crippen LogP contribution in [-0.2, 0) is 4.79 Å². The molecule has 0 bridgehead atoms. The summed E-state index contributed by atoms with van der Waals surface area (Å²) in [6.07, 6.45) is 0. The van der Waals surface area contributed by atoms with E-state index in [9.17, 15) is 4.79 Å². The largest absolute Gasteiger partial charge is 0.484 e. The molecule has 0 spiro atoms. The molecule has 1 aliphatic rings. The Hall–Kier alpha value is -2.53. The van der Waals surface area contributed by atoms with E-state index in [1.807, 2.05) is 24.3 Å². The molecule has 5 nitrogen and oxygen atoms in total. The van der Waals surface area contributed by atoms with Gasteiger partial charge in [-0.3, -0.25) is 9.79 Å². The topological polar surface area (TPSA) is 62.7 Å². The molecule has 0 unspecified atom stereocenters. The molecule has 0 saturated carbocycles. The molecule has 2 aromatic rings. The summed E-state index contributed by atoms with van der Waals surface area (Å²) >= 11 is 5.79. The number of amides is 1. The average Bonchev–Trinajstić information content (AvgIpc) is 3.09. The van der Waals surface area contributed by atoms with Crippen LogP contribution in [0.15, 0.2) is 53.5 Å². The number of anilines is 1. The van der Waals surface area contributed by atoms with Crippen LogP contribution in [0.1, 0.15) is 5.56 Å². The summed E-state index contributed by atoms with van der Waals surface area (Å²) in [6, 6.07) is 14.4. The molecule has 0 saturated heterocycles. The number of ether oxygens (including phenoxy) is 1. The van der Waals surface area contributed by atoms with Gasteiger partial charge in [-0.05, 0) is 48.5 Å². The summed E-state index contributed by atoms with van der Waals surface area (Å²) < 4.78 is 5.40. The number of halogens is 1. The lowest BCUT2D eigenvalue weighted by atomic mass is 10.2. The predicted octanol–water partition coefficient (Wildman–Crippen LogP) is 2.71. The van der Waals surface area contributed by atoms with Crippen LogP contribution in [-0.4, -0.2) is 31.4 Å². The van der Waals surface area contributed by atoms with Gasteiger partial charge >= 0.3 is 0 Å². The molecule has 2 aromatic carbocycles. The lowest BCUT2D eigenvalue weighted by molar-refractivity contribution is -0.118. The number of hydrogen-bond donors (Lipinski definition) is 2. The van der Waals surface area contributed by atoms with E-state index in [4.69, 9.17) is 16.3 Å². The van der Waals surface area contributed by atoms with Gasteiger partial charge in [-0.1, -0.05) is 11.6 Å². The minimum Gasteiger partial charge on any atom is -0.484 e. The summed E-state index contributed by atoms with van der Waals surface area (Å²) in [5, 5.41) is 6.63. The monoisotopic (exact) mass is 329 g/mol. The maximum Gasteiger partial charge on any atom is 0.262 e. The third-order valence-electron chi connectivity index (χ3n) is 3.30. The molecular formula is C17H16ClN3O2. The zero-order valence-corrected chi connectivity index (χ0v) is 13.1. The van der Waals surface area contributed by atoms with Crippen molar-refractivity contribution in [2.24, 2.45) is 4.99 Å². The molecule has 1 heterocycles. The van der Waals surface area contributed by atoms with Crippen molar-refractivity contribution in [2.45, 2.75) is 0 Å². The van der Waals surface area contributed by atoms with Crippen LogP contribution < -0.4 is 15.4 Å². The number of benzene rings is 2. The minimum absolute atomic E-state index is 0.0579. The van der Waals surface area contributed by atoms with Crippen LogP contribution in [0.4, 0.5) is 5.69 Å². The number of carbonyl (C=O) groups is 1. The van der Waals surface area contributed by atoms with Crippen molar-refractivity contribution in [3.05, 3.63) is 59.1 Å². The first-order valence-corrected chi connectivity index (χ1v) is 7.65. The number of nitrogens with one attached hydrogen (secondary N) is 2. The second-order valence-electron chi connectivity index (χ2n) is 5.03. The first-order chi connectivity index (χ1) is 11.2. The van der Waals surface area contributed by atoms with E-state index in [1.165, 1.54) is 0 Å². The zero-order valence-electron chi connectivity index (χ0n) is 12.4. The lowest BCUT2D eigenvalue weighted by Crippen LogP contribution is -2.21. The zero-order chi connectivity index (χ0) is 16.1. The molecular weight excluding hydrogens is 314 g/mol. The van der Waals surface area contributed by atoms with Crippen LogP contribution in [0, 0.1) is 0 Å². The SMILES string of the molecule is O=C(COc1ccc(Cl)cc1)Nc1ccc(C2=NCCN2)cc1. The highest BCUT2D eigenvalue weighted by Crippen LogP contribution is 2.16. The van der Waals surface area contributed by atoms with Crippen molar-refractivity contribution in [3.8, 4) is 5.75 Å². The molecule has 0 fully saturated rings. The summed E-state index contributed by atoms with van der Waals surface area (Å²) in [6.45, 7) is 1.61. The smallest absolute Gasteiger partial charge is 0.262 e. The Morgan fingerprint density at radius 2 is 1.91 bits per heavy atom. The molecule has 23 heavy (non-hydrogen) atoms. The first-order valence-electron chi connectivity index (χ1n) is 7.28. The van der Waals surface area contributed by atoms with Gasteiger partial charge in [-0.2, -0.15) is 0 Å². The molecule has 1 amide bonds. The fraction of sp³-hybridized carbons (Fsp3) is 0.176. The Labute approximate surface area is 139 Å². The second kappa shape index (κ2) is 7.15. The molecule has 6 heteroatoms. The van der Waals surface area contributed by atoms with E-state index in [2.05, 4.69) is 15.6 Å². The van der Waals surface area contributed by atoms with Gasteiger partial charge in [0, 0.05) is 22.8 Å². The number of aliphatic imine (C=N–C) groups is 1. The van der Waals surface area contributed by atoms with Crippen LogP contribution >= 0.6 is 11.6 Å². The molecule has 0 radical (unpaired) electrons. The van der Waals surface area contributed by atoms with Gasteiger partial charge in [0.2, 0.25) is 0 Å². The molecule has 2 N–H and O–H groups in total. The maximum atomic E-state index is 11.9. The van der Waals surface area contributed by atoms with E-state index in [1.54, 1.807) is 24.3 Å². The Bertz CT molecular complexity index is 712. The lowest BCUT2D eigenvalue weighted by Gasteiger charge is -2.08. The summed E-state index contributed by atoms with van der Waals surface area (Å²) in [5.74, 6) is 1.28. The van der Waals surface area contributed by atoms with Gasteiger partial charge in [-0.25, -0.2) is 0 Å². The van der Waals surface area contributed by atoms with Crippen LogP contribution in [0.5, 0.6) is 5.75 Å². The molecule has 0 aromatic heterocycles. The highest BCUT2D eigenvalue weighted by atomic mass is 35.5. The fourth-order valence-electron chi connectivity index (χ4n) is 2.18. The standard InChI is InChI=1S/C17H16ClN3O2/c18-13-3-7-15(8-4-13)23-11-16(22)21-14-5-1-12(2-6-14)17-19-9-10-20-17/h1-8H,9-11H2,(H,19,20)(H,21,22). The molecule has 1 aliphatic heterocycles. The van der Waals surface area contributed by atoms with Crippen molar-refractivity contribution < 1.29 is 9.53 Å². The Balaban J connectivity index is 1.52. The van der Waals surface area contributed by atoms with E-state index in [0.29, 0.717) is 10.8 Å². The molecule has 3 rings (SSSR count). The van der Waals surface area contributed by atoms with Gasteiger partial charge < -0.3 is 15.4 Å². The van der Waals surface area contributed by atoms with E-state index in [0.717, 1.165) is 30.2 Å². The first kappa shape index (κ1) is 15.4. The minimum atomic E-state index is -0.218. The molecule has 0 aliphatic carbocycles. The Morgan fingerprint density at radius 1 is 1.17 bits per heavy atom. The summed E-state index contributed by atoms with van der Waals surface area (Å²) in [5.41, 5.74) is 1.73. The normalized spacial score (nSPS) is 13.2. The third kappa shape index (κ3) is 4.23. The Morgan fingerprint density at radius 3 is 2.57 bits per heavy atom. The van der Waals surface area contributed by atoms with E-state index >= 15 is 0 Å². The maximum absolute atomic E-state index is 11.9. The highest BCUT2D eigenvalue weighted by Gasteiger charge is 2.08. The van der Waals surface area contributed by atoms with Crippen LogP contribution in [0.2, 0.25) is 5.02 Å². The van der Waals surface area contributed by atoms with E-state index in [-0.39, 0.29) is 12.5 Å². The van der Waals surface area contributed by atoms with Crippen LogP contribution in [0.25, 0.3) is 0 Å². The van der Waals surface area contributed by atoms with Crippen molar-refractivity contribution in [1.29, 1.82) is 0 Å². The van der Waals surface area contributed by atoms with Gasteiger partial charge in [0.05, 0.1) is 6.54 Å². The second-order valence-corrected chi connectivity index (χ2v) is 5.46. The number of rotatable bonds is 5. The quantitative estimate of drug-likeness (QED) is 0.886. The van der Waals surface area contributed by atoms with Gasteiger partial charge in [0.1, 0.15) is 11.6 Å². The highest BCUT2D eigenvalue weighted by molar-refractivity contribution is 6.30. The number of hydrogen-bond acceptors (Lipinski definition) is 4. The van der Waals surface area contributed by atoms with Crippen molar-refractivity contribution in [2.75, 3.05) is 25.0 Å². The third-order valence-corrected chi connectivity index (χ3v) is 3.55. The average molecular weight is 330 g/mol. The number of carbonyl (C=O) groups excluding carboxylic acids is 1. The van der Waals surface area contributed by atoms with Gasteiger partial charge in [0.25, 0.3) is 5.91 Å².